The molecule has 0 aromatic carbocycles. The number of rotatable bonds is 4. The van der Waals surface area contributed by atoms with E-state index in [1.54, 1.807) is 0 Å². The summed E-state index contributed by atoms with van der Waals surface area (Å²) in [5.41, 5.74) is 5.23. The van der Waals surface area contributed by atoms with Gasteiger partial charge in [0, 0.05) is 6.04 Å². The number of nitrogens with two attached hydrogens (primary N) is 1. The molecule has 19 heavy (non-hydrogen) atoms. The zero-order valence-electron chi connectivity index (χ0n) is 10.8. The summed E-state index contributed by atoms with van der Waals surface area (Å²) in [6.07, 6.45) is 2.90. The number of piperidine rings is 1. The first-order chi connectivity index (χ1) is 9.18. The summed E-state index contributed by atoms with van der Waals surface area (Å²) in [5, 5.41) is 3.22. The molecule has 1 saturated heterocycles. The standard InChI is InChI=1S/C12H19N3O4/c13-11(16)7-15(9-1-3-14-4-2-9)12(17)10-8-18-5-6-19-10/h8-9,14H,1-7H2,(H2,13,16). The van der Waals surface area contributed by atoms with Crippen molar-refractivity contribution >= 4 is 11.8 Å². The van der Waals surface area contributed by atoms with Crippen LogP contribution in [-0.2, 0) is 19.1 Å². The number of carbonyl (C=O) groups excluding carboxylic acids is 2. The highest BCUT2D eigenvalue weighted by Gasteiger charge is 2.30. The van der Waals surface area contributed by atoms with E-state index in [-0.39, 0.29) is 24.3 Å². The molecule has 7 nitrogen and oxygen atoms in total. The highest BCUT2D eigenvalue weighted by atomic mass is 16.6. The molecule has 0 spiro atoms. The molecule has 106 valence electrons. The molecule has 2 amide bonds. The molecule has 0 radical (unpaired) electrons. The Morgan fingerprint density at radius 3 is 2.68 bits per heavy atom. The number of amides is 2. The number of primary amides is 1. The average Bonchev–Trinajstić information content (AvgIpc) is 2.46. The fourth-order valence-corrected chi connectivity index (χ4v) is 2.28. The molecule has 2 aliphatic rings. The minimum atomic E-state index is -0.524. The van der Waals surface area contributed by atoms with Crippen molar-refractivity contribution in [2.45, 2.75) is 18.9 Å². The summed E-state index contributed by atoms with van der Waals surface area (Å²) in [4.78, 5) is 25.0. The Bertz CT molecular complexity index is 377. The van der Waals surface area contributed by atoms with E-state index in [0.717, 1.165) is 25.9 Å². The zero-order valence-corrected chi connectivity index (χ0v) is 10.8. The van der Waals surface area contributed by atoms with Crippen LogP contribution in [0.5, 0.6) is 0 Å². The van der Waals surface area contributed by atoms with Gasteiger partial charge in [0.1, 0.15) is 26.0 Å². The first kappa shape index (κ1) is 13.7. The van der Waals surface area contributed by atoms with Crippen molar-refractivity contribution in [1.29, 1.82) is 0 Å². The van der Waals surface area contributed by atoms with Crippen LogP contribution in [-0.4, -0.2) is 55.6 Å². The van der Waals surface area contributed by atoms with Crippen molar-refractivity contribution in [3.63, 3.8) is 0 Å². The average molecular weight is 269 g/mol. The van der Waals surface area contributed by atoms with Gasteiger partial charge in [0.15, 0.2) is 0 Å². The van der Waals surface area contributed by atoms with Crippen LogP contribution in [0.3, 0.4) is 0 Å². The van der Waals surface area contributed by atoms with E-state index < -0.39 is 5.91 Å². The van der Waals surface area contributed by atoms with E-state index in [0.29, 0.717) is 13.2 Å². The van der Waals surface area contributed by atoms with Gasteiger partial charge in [0.25, 0.3) is 5.91 Å². The van der Waals surface area contributed by atoms with Gasteiger partial charge in [0.2, 0.25) is 11.7 Å². The van der Waals surface area contributed by atoms with Crippen LogP contribution in [0, 0.1) is 0 Å². The number of ether oxygens (including phenoxy) is 2. The van der Waals surface area contributed by atoms with Crippen molar-refractivity contribution in [3.8, 4) is 0 Å². The van der Waals surface area contributed by atoms with E-state index >= 15 is 0 Å². The van der Waals surface area contributed by atoms with Crippen molar-refractivity contribution in [3.05, 3.63) is 12.0 Å². The molecule has 0 unspecified atom stereocenters. The van der Waals surface area contributed by atoms with E-state index in [1.165, 1.54) is 11.2 Å². The maximum atomic E-state index is 12.4. The number of carbonyl (C=O) groups is 2. The molecule has 0 aromatic rings. The minimum absolute atomic E-state index is 0.00711. The van der Waals surface area contributed by atoms with Crippen molar-refractivity contribution in [2.75, 3.05) is 32.8 Å². The summed E-state index contributed by atoms with van der Waals surface area (Å²) < 4.78 is 10.4. The van der Waals surface area contributed by atoms with E-state index in [4.69, 9.17) is 15.2 Å². The number of hydrogen-bond acceptors (Lipinski definition) is 5. The highest BCUT2D eigenvalue weighted by molar-refractivity contribution is 5.94. The van der Waals surface area contributed by atoms with Gasteiger partial charge in [0.05, 0.1) is 0 Å². The number of hydrogen-bond donors (Lipinski definition) is 2. The third kappa shape index (κ3) is 3.60. The van der Waals surface area contributed by atoms with Crippen molar-refractivity contribution in [1.82, 2.24) is 10.2 Å². The highest BCUT2D eigenvalue weighted by Crippen LogP contribution is 2.16. The predicted molar refractivity (Wildman–Crippen MR) is 66.8 cm³/mol. The number of nitrogens with zero attached hydrogens (tertiary/aromatic N) is 1. The van der Waals surface area contributed by atoms with Crippen molar-refractivity contribution in [2.24, 2.45) is 5.73 Å². The van der Waals surface area contributed by atoms with E-state index in [1.807, 2.05) is 0 Å². The lowest BCUT2D eigenvalue weighted by Gasteiger charge is -2.34. The van der Waals surface area contributed by atoms with Crippen LogP contribution in [0.15, 0.2) is 12.0 Å². The summed E-state index contributed by atoms with van der Waals surface area (Å²) in [6.45, 7) is 2.32. The topological polar surface area (TPSA) is 93.9 Å². The lowest BCUT2D eigenvalue weighted by Crippen LogP contribution is -2.50. The van der Waals surface area contributed by atoms with Gasteiger partial charge in [-0.2, -0.15) is 0 Å². The Kier molecular flexibility index (Phi) is 4.62. The third-order valence-corrected chi connectivity index (χ3v) is 3.20. The van der Waals surface area contributed by atoms with Crippen LogP contribution in [0.25, 0.3) is 0 Å². The van der Waals surface area contributed by atoms with E-state index in [2.05, 4.69) is 5.32 Å². The molecule has 0 atom stereocenters. The molecule has 0 bridgehead atoms. The maximum Gasteiger partial charge on any atom is 0.292 e. The Balaban J connectivity index is 2.08. The Morgan fingerprint density at radius 1 is 1.37 bits per heavy atom. The second kappa shape index (κ2) is 6.42. The zero-order chi connectivity index (χ0) is 13.7. The van der Waals surface area contributed by atoms with Gasteiger partial charge in [-0.3, -0.25) is 9.59 Å². The smallest absolute Gasteiger partial charge is 0.292 e. The summed E-state index contributed by atoms with van der Waals surface area (Å²) >= 11 is 0. The van der Waals surface area contributed by atoms with Gasteiger partial charge < -0.3 is 25.4 Å². The molecule has 2 aliphatic heterocycles. The largest absolute Gasteiger partial charge is 0.494 e. The quantitative estimate of drug-likeness (QED) is 0.678. The predicted octanol–water partition coefficient (Wildman–Crippen LogP) is -1.06. The van der Waals surface area contributed by atoms with Gasteiger partial charge in [-0.15, -0.1) is 0 Å². The lowest BCUT2D eigenvalue weighted by atomic mass is 10.0. The molecule has 0 saturated carbocycles. The second-order valence-corrected chi connectivity index (χ2v) is 4.58. The first-order valence-electron chi connectivity index (χ1n) is 6.43. The summed E-state index contributed by atoms with van der Waals surface area (Å²) in [6, 6.07) is 0.00711. The Hall–Kier alpha value is -1.76. The van der Waals surface area contributed by atoms with Crippen molar-refractivity contribution < 1.29 is 19.1 Å². The maximum absolute atomic E-state index is 12.4. The number of nitrogens with one attached hydrogen (secondary N) is 1. The molecular formula is C12H19N3O4. The fraction of sp³-hybridized carbons (Fsp3) is 0.667. The molecule has 3 N–H and O–H groups in total. The van der Waals surface area contributed by atoms with Crippen LogP contribution in [0.1, 0.15) is 12.8 Å². The van der Waals surface area contributed by atoms with Gasteiger partial charge in [-0.05, 0) is 25.9 Å². The summed E-state index contributed by atoms with van der Waals surface area (Å²) in [5.74, 6) is -0.708. The first-order valence-corrected chi connectivity index (χ1v) is 6.43. The Labute approximate surface area is 111 Å². The monoisotopic (exact) mass is 269 g/mol. The summed E-state index contributed by atoms with van der Waals surface area (Å²) in [7, 11) is 0. The van der Waals surface area contributed by atoms with Crippen LogP contribution >= 0.6 is 0 Å². The molecule has 2 heterocycles. The van der Waals surface area contributed by atoms with Crippen LogP contribution in [0.4, 0.5) is 0 Å². The fourth-order valence-electron chi connectivity index (χ4n) is 2.28. The van der Waals surface area contributed by atoms with Gasteiger partial charge in [-0.1, -0.05) is 0 Å². The molecule has 7 heteroatoms. The Morgan fingerprint density at radius 2 is 2.11 bits per heavy atom. The van der Waals surface area contributed by atoms with Crippen LogP contribution < -0.4 is 11.1 Å². The molecule has 0 aliphatic carbocycles. The molecule has 2 rings (SSSR count). The molecule has 0 aromatic heterocycles. The normalized spacial score (nSPS) is 19.9. The lowest BCUT2D eigenvalue weighted by molar-refractivity contribution is -0.138. The van der Waals surface area contributed by atoms with Crippen LogP contribution in [0.2, 0.25) is 0 Å². The SMILES string of the molecule is NC(=O)CN(C(=O)C1=COCCO1)C1CCNCC1. The van der Waals surface area contributed by atoms with E-state index in [9.17, 15) is 9.59 Å². The minimum Gasteiger partial charge on any atom is -0.494 e. The molecule has 1 fully saturated rings. The van der Waals surface area contributed by atoms with Gasteiger partial charge >= 0.3 is 0 Å². The third-order valence-electron chi connectivity index (χ3n) is 3.20. The molecular weight excluding hydrogens is 250 g/mol. The second-order valence-electron chi connectivity index (χ2n) is 4.58. The van der Waals surface area contributed by atoms with Gasteiger partial charge in [-0.25, -0.2) is 0 Å².